The molecular weight excluding hydrogens is 740 g/mol. The van der Waals surface area contributed by atoms with Crippen LogP contribution in [0, 0.1) is 5.82 Å². The van der Waals surface area contributed by atoms with E-state index in [1.54, 1.807) is 48.5 Å². The molecule has 0 radical (unpaired) electrons. The molecule has 7 aromatic rings. The van der Waals surface area contributed by atoms with Gasteiger partial charge in [-0.05, 0) is 76.6 Å². The molecule has 1 amide bonds. The van der Waals surface area contributed by atoms with Crippen LogP contribution in [0.15, 0.2) is 176 Å². The molecule has 0 bridgehead atoms. The molecule has 0 spiro atoms. The van der Waals surface area contributed by atoms with E-state index < -0.39 is 29.6 Å². The van der Waals surface area contributed by atoms with Crippen molar-refractivity contribution in [3.63, 3.8) is 0 Å². The van der Waals surface area contributed by atoms with Crippen LogP contribution in [0.2, 0.25) is 0 Å². The van der Waals surface area contributed by atoms with Crippen molar-refractivity contribution in [1.82, 2.24) is 4.57 Å². The number of carbonyl (C=O) groups is 2. The molecule has 0 aliphatic carbocycles. The molecule has 8 heteroatoms. The normalized spacial score (nSPS) is 12.5. The lowest BCUT2D eigenvalue weighted by molar-refractivity contribution is -0.165. The summed E-state index contributed by atoms with van der Waals surface area (Å²) < 4.78 is 22.6. The topological polar surface area (TPSA) is 101 Å². The van der Waals surface area contributed by atoms with E-state index in [0.29, 0.717) is 44.8 Å². The number of nitrogens with one attached hydrogen (secondary N) is 1. The third-order valence-electron chi connectivity index (χ3n) is 10.5. The van der Waals surface area contributed by atoms with Gasteiger partial charge < -0.3 is 24.8 Å². The van der Waals surface area contributed by atoms with Gasteiger partial charge in [-0.25, -0.2) is 4.39 Å². The lowest BCUT2D eigenvalue weighted by Crippen LogP contribution is -2.38. The van der Waals surface area contributed by atoms with Crippen LogP contribution in [-0.4, -0.2) is 32.8 Å². The van der Waals surface area contributed by atoms with Gasteiger partial charge in [-0.2, -0.15) is 0 Å². The van der Waals surface area contributed by atoms with Crippen LogP contribution in [0.1, 0.15) is 71.5 Å². The number of anilines is 1. The Morgan fingerprint density at radius 2 is 1.20 bits per heavy atom. The fourth-order valence-corrected chi connectivity index (χ4v) is 7.84. The zero-order valence-corrected chi connectivity index (χ0v) is 33.0. The lowest BCUT2D eigenvalue weighted by Gasteiger charge is -2.37. The number of halogens is 1. The first-order valence-electron chi connectivity index (χ1n) is 19.8. The van der Waals surface area contributed by atoms with E-state index in [1.165, 1.54) is 12.1 Å². The van der Waals surface area contributed by atoms with Crippen LogP contribution < -0.4 is 5.32 Å². The molecule has 1 aromatic heterocycles. The lowest BCUT2D eigenvalue weighted by atomic mass is 9.79. The monoisotopic (exact) mass is 786 g/mol. The number of esters is 1. The second-order valence-corrected chi connectivity index (χ2v) is 14.9. The molecule has 2 atom stereocenters. The first-order valence-corrected chi connectivity index (χ1v) is 19.8. The summed E-state index contributed by atoms with van der Waals surface area (Å²) in [5.41, 5.74) is 4.57. The molecule has 0 saturated heterocycles. The first kappa shape index (κ1) is 40.6. The van der Waals surface area contributed by atoms with E-state index in [9.17, 15) is 24.2 Å². The molecule has 0 saturated carbocycles. The van der Waals surface area contributed by atoms with Gasteiger partial charge in [-0.15, -0.1) is 0 Å². The number of carbonyl (C=O) groups excluding carboxylic acids is 2. The van der Waals surface area contributed by atoms with Gasteiger partial charge >= 0.3 is 5.97 Å². The average molecular weight is 787 g/mol. The van der Waals surface area contributed by atoms with Gasteiger partial charge in [0.15, 0.2) is 11.7 Å². The molecule has 7 rings (SSSR count). The fraction of sp³-hybridized carbons (Fsp3) is 0.176. The van der Waals surface area contributed by atoms with E-state index in [1.807, 2.05) is 134 Å². The number of nitrogens with zero attached hydrogens (tertiary/aromatic N) is 1. The van der Waals surface area contributed by atoms with Crippen molar-refractivity contribution in [2.45, 2.75) is 57.0 Å². The van der Waals surface area contributed by atoms with Gasteiger partial charge in [-0.1, -0.05) is 153 Å². The first-order chi connectivity index (χ1) is 28.6. The standard InChI is InChI=1S/C51H47FN2O5/c1-35(2)47-46(50(57)53-42-26-16-7-17-27-42)45(36-18-8-3-9-19-36)48(37-28-30-41(52)31-29-37)54(47)33-32-43(55)34-44(56)59-49(38-20-10-4-11-21-38)51(58,39-22-12-5-13-23-39)40-24-14-6-15-25-40/h3-31,35,43,49,55,58H,32-34H2,1-2H3,(H,53,57)/t43-,49-/m0/s1. The maximum absolute atomic E-state index is 14.5. The summed E-state index contributed by atoms with van der Waals surface area (Å²) in [5.74, 6) is -1.56. The Hall–Kier alpha value is -6.61. The predicted molar refractivity (Wildman–Crippen MR) is 230 cm³/mol. The van der Waals surface area contributed by atoms with Crippen LogP contribution in [0.5, 0.6) is 0 Å². The molecule has 6 aromatic carbocycles. The highest BCUT2D eigenvalue weighted by Gasteiger charge is 2.44. The molecule has 1 heterocycles. The van der Waals surface area contributed by atoms with E-state index >= 15 is 0 Å². The SMILES string of the molecule is CC(C)c1c(C(=O)Nc2ccccc2)c(-c2ccccc2)c(-c2ccc(F)cc2)n1CC[C@H](O)CC(=O)O[C@@H](c1ccccc1)C(O)(c1ccccc1)c1ccccc1. The summed E-state index contributed by atoms with van der Waals surface area (Å²) in [4.78, 5) is 28.4. The number of amides is 1. The molecule has 0 fully saturated rings. The zero-order valence-electron chi connectivity index (χ0n) is 33.0. The average Bonchev–Trinajstić information content (AvgIpc) is 3.62. The number of aliphatic hydroxyl groups is 2. The number of ether oxygens (including phenoxy) is 1. The maximum Gasteiger partial charge on any atom is 0.309 e. The Bertz CT molecular complexity index is 2420. The maximum atomic E-state index is 14.5. The molecule has 7 nitrogen and oxygen atoms in total. The number of benzene rings is 6. The molecule has 0 aliphatic rings. The van der Waals surface area contributed by atoms with Gasteiger partial charge in [0.25, 0.3) is 5.91 Å². The highest BCUT2D eigenvalue weighted by Crippen LogP contribution is 2.45. The van der Waals surface area contributed by atoms with Crippen molar-refractivity contribution in [3.8, 4) is 22.4 Å². The minimum Gasteiger partial charge on any atom is -0.454 e. The van der Waals surface area contributed by atoms with Gasteiger partial charge in [0, 0.05) is 23.5 Å². The van der Waals surface area contributed by atoms with Crippen LogP contribution in [-0.2, 0) is 21.7 Å². The van der Waals surface area contributed by atoms with Crippen molar-refractivity contribution < 1.29 is 28.9 Å². The van der Waals surface area contributed by atoms with Crippen molar-refractivity contribution in [3.05, 3.63) is 210 Å². The van der Waals surface area contributed by atoms with Crippen molar-refractivity contribution in [1.29, 1.82) is 0 Å². The van der Waals surface area contributed by atoms with E-state index in [2.05, 4.69) is 5.32 Å². The van der Waals surface area contributed by atoms with Crippen LogP contribution in [0.25, 0.3) is 22.4 Å². The largest absolute Gasteiger partial charge is 0.454 e. The Kier molecular flexibility index (Phi) is 12.6. The summed E-state index contributed by atoms with van der Waals surface area (Å²) >= 11 is 0. The van der Waals surface area contributed by atoms with Crippen molar-refractivity contribution >= 4 is 17.6 Å². The Morgan fingerprint density at radius 3 is 1.75 bits per heavy atom. The third-order valence-corrected chi connectivity index (χ3v) is 10.5. The molecule has 3 N–H and O–H groups in total. The second-order valence-electron chi connectivity index (χ2n) is 14.9. The van der Waals surface area contributed by atoms with Gasteiger partial charge in [0.05, 0.1) is 23.8 Å². The Balaban J connectivity index is 1.24. The second kappa shape index (κ2) is 18.3. The van der Waals surface area contributed by atoms with Crippen LogP contribution in [0.4, 0.5) is 10.1 Å². The van der Waals surface area contributed by atoms with Gasteiger partial charge in [0.1, 0.15) is 5.82 Å². The molecule has 0 unspecified atom stereocenters. The summed E-state index contributed by atoms with van der Waals surface area (Å²) in [7, 11) is 0. The molecule has 298 valence electrons. The van der Waals surface area contributed by atoms with Gasteiger partial charge in [-0.3, -0.25) is 9.59 Å². The number of hydrogen-bond acceptors (Lipinski definition) is 5. The van der Waals surface area contributed by atoms with E-state index in [-0.39, 0.29) is 31.2 Å². The summed E-state index contributed by atoms with van der Waals surface area (Å²) in [5, 5.41) is 27.4. The zero-order chi connectivity index (χ0) is 41.4. The third kappa shape index (κ3) is 8.94. The highest BCUT2D eigenvalue weighted by atomic mass is 19.1. The summed E-state index contributed by atoms with van der Waals surface area (Å²) in [6, 6.07) is 52.3. The fourth-order valence-electron chi connectivity index (χ4n) is 7.84. The van der Waals surface area contributed by atoms with Crippen molar-refractivity contribution in [2.24, 2.45) is 0 Å². The highest BCUT2D eigenvalue weighted by molar-refractivity contribution is 6.12. The number of aromatic nitrogens is 1. The predicted octanol–water partition coefficient (Wildman–Crippen LogP) is 10.7. The minimum absolute atomic E-state index is 0.114. The van der Waals surface area contributed by atoms with Crippen LogP contribution >= 0.6 is 0 Å². The summed E-state index contributed by atoms with van der Waals surface area (Å²) in [6.07, 6.45) is -2.57. The number of aliphatic hydroxyl groups excluding tert-OH is 1. The summed E-state index contributed by atoms with van der Waals surface area (Å²) in [6.45, 7) is 4.23. The minimum atomic E-state index is -1.77. The van der Waals surface area contributed by atoms with Gasteiger partial charge in [0.2, 0.25) is 0 Å². The Labute approximate surface area is 344 Å². The molecular formula is C51H47FN2O5. The van der Waals surface area contributed by atoms with E-state index in [4.69, 9.17) is 4.74 Å². The van der Waals surface area contributed by atoms with Crippen LogP contribution in [0.3, 0.4) is 0 Å². The van der Waals surface area contributed by atoms with Crippen molar-refractivity contribution in [2.75, 3.05) is 5.32 Å². The Morgan fingerprint density at radius 1 is 0.695 bits per heavy atom. The number of para-hydroxylation sites is 1. The number of rotatable bonds is 15. The molecule has 59 heavy (non-hydrogen) atoms. The van der Waals surface area contributed by atoms with E-state index in [0.717, 1.165) is 11.3 Å². The smallest absolute Gasteiger partial charge is 0.309 e. The number of hydrogen-bond donors (Lipinski definition) is 3. The quantitative estimate of drug-likeness (QED) is 0.0899. The molecule has 0 aliphatic heterocycles.